The Morgan fingerprint density at radius 3 is 2.41 bits per heavy atom. The molecule has 1 atom stereocenters. The zero-order valence-electron chi connectivity index (χ0n) is 16.3. The second kappa shape index (κ2) is 8.79. The van der Waals surface area contributed by atoms with E-state index < -0.39 is 9.84 Å². The highest BCUT2D eigenvalue weighted by atomic mass is 32.2. The summed E-state index contributed by atoms with van der Waals surface area (Å²) in [5, 5.41) is 2.99. The van der Waals surface area contributed by atoms with Crippen molar-refractivity contribution in [2.75, 3.05) is 34.8 Å². The van der Waals surface area contributed by atoms with Gasteiger partial charge in [-0.25, -0.2) is 8.42 Å². The molecular weight excluding hydrogens is 404 g/mol. The van der Waals surface area contributed by atoms with Crippen LogP contribution >= 0.6 is 11.8 Å². The van der Waals surface area contributed by atoms with Gasteiger partial charge < -0.3 is 10.2 Å². The molecule has 1 amide bonds. The fourth-order valence-electron chi connectivity index (χ4n) is 3.90. The Labute approximate surface area is 176 Å². The molecule has 154 valence electrons. The fraction of sp³-hybridized carbons (Fsp3) is 0.409. The minimum Gasteiger partial charge on any atom is -0.372 e. The number of carbonyl (C=O) groups is 1. The van der Waals surface area contributed by atoms with Crippen LogP contribution in [0.25, 0.3) is 0 Å². The molecule has 5 nitrogen and oxygen atoms in total. The van der Waals surface area contributed by atoms with Crippen LogP contribution in [0.2, 0.25) is 0 Å². The van der Waals surface area contributed by atoms with Gasteiger partial charge in [0.15, 0.2) is 9.84 Å². The topological polar surface area (TPSA) is 66.5 Å². The maximum atomic E-state index is 12.9. The summed E-state index contributed by atoms with van der Waals surface area (Å²) in [5.41, 5.74) is 2.54. The molecule has 4 rings (SSSR count). The Morgan fingerprint density at radius 1 is 1.00 bits per heavy atom. The average Bonchev–Trinajstić information content (AvgIpc) is 3.08. The number of hydrogen-bond acceptors (Lipinski definition) is 5. The van der Waals surface area contributed by atoms with Crippen LogP contribution in [-0.4, -0.2) is 44.2 Å². The highest BCUT2D eigenvalue weighted by molar-refractivity contribution is 8.02. The van der Waals surface area contributed by atoms with E-state index in [1.807, 2.05) is 30.3 Å². The van der Waals surface area contributed by atoms with Crippen molar-refractivity contribution in [3.05, 3.63) is 54.1 Å². The van der Waals surface area contributed by atoms with Crippen LogP contribution < -0.4 is 10.2 Å². The number of nitrogens with zero attached hydrogens (tertiary/aromatic N) is 1. The molecule has 0 radical (unpaired) electrons. The second-order valence-corrected chi connectivity index (χ2v) is 11.3. The molecule has 7 heteroatoms. The number of benzene rings is 2. The summed E-state index contributed by atoms with van der Waals surface area (Å²) >= 11 is 1.49. The van der Waals surface area contributed by atoms with Crippen molar-refractivity contribution >= 4 is 38.9 Å². The maximum absolute atomic E-state index is 12.9. The zero-order valence-corrected chi connectivity index (χ0v) is 18.0. The van der Waals surface area contributed by atoms with Gasteiger partial charge in [0.05, 0.1) is 17.1 Å². The number of carbonyl (C=O) groups excluding carboxylic acids is 1. The summed E-state index contributed by atoms with van der Waals surface area (Å²) in [5.74, 6) is 0.258. The van der Waals surface area contributed by atoms with E-state index in [1.54, 1.807) is 6.07 Å². The SMILES string of the molecule is O=C(Nc1ccc(N2CCCCC2)cc1)c1ccccc1S[C@@H]1CCS(=O)(=O)C1. The van der Waals surface area contributed by atoms with Crippen molar-refractivity contribution in [1.82, 2.24) is 0 Å². The predicted octanol–water partition coefficient (Wildman–Crippen LogP) is 4.21. The summed E-state index contributed by atoms with van der Waals surface area (Å²) in [6.07, 6.45) is 4.40. The molecule has 2 saturated heterocycles. The largest absolute Gasteiger partial charge is 0.372 e. The van der Waals surface area contributed by atoms with Gasteiger partial charge in [-0.3, -0.25) is 4.79 Å². The van der Waals surface area contributed by atoms with Gasteiger partial charge in [-0.05, 0) is 62.1 Å². The number of amides is 1. The minimum atomic E-state index is -2.94. The molecule has 29 heavy (non-hydrogen) atoms. The van der Waals surface area contributed by atoms with Crippen molar-refractivity contribution in [1.29, 1.82) is 0 Å². The fourth-order valence-corrected chi connectivity index (χ4v) is 7.52. The van der Waals surface area contributed by atoms with Crippen LogP contribution in [0.4, 0.5) is 11.4 Å². The normalized spacial score (nSPS) is 21.1. The van der Waals surface area contributed by atoms with E-state index in [0.29, 0.717) is 12.0 Å². The molecule has 0 bridgehead atoms. The third kappa shape index (κ3) is 5.14. The Morgan fingerprint density at radius 2 is 1.72 bits per heavy atom. The van der Waals surface area contributed by atoms with E-state index in [9.17, 15) is 13.2 Å². The van der Waals surface area contributed by atoms with Crippen molar-refractivity contribution in [3.63, 3.8) is 0 Å². The molecule has 0 aromatic heterocycles. The van der Waals surface area contributed by atoms with Crippen molar-refractivity contribution in [2.24, 2.45) is 0 Å². The van der Waals surface area contributed by atoms with Crippen LogP contribution in [0.3, 0.4) is 0 Å². The third-order valence-corrected chi connectivity index (χ3v) is 8.79. The van der Waals surface area contributed by atoms with Crippen molar-refractivity contribution < 1.29 is 13.2 Å². The lowest BCUT2D eigenvalue weighted by Crippen LogP contribution is -2.29. The summed E-state index contributed by atoms with van der Waals surface area (Å²) in [4.78, 5) is 16.1. The quantitative estimate of drug-likeness (QED) is 0.770. The number of rotatable bonds is 5. The first-order valence-corrected chi connectivity index (χ1v) is 12.8. The second-order valence-electron chi connectivity index (χ2n) is 7.69. The van der Waals surface area contributed by atoms with Gasteiger partial charge in [-0.2, -0.15) is 0 Å². The molecule has 0 unspecified atom stereocenters. The first-order valence-electron chi connectivity index (χ1n) is 10.1. The first-order chi connectivity index (χ1) is 14.0. The van der Waals surface area contributed by atoms with E-state index in [-0.39, 0.29) is 22.7 Å². The minimum absolute atomic E-state index is 0.0118. The van der Waals surface area contributed by atoms with Gasteiger partial charge in [0.2, 0.25) is 0 Å². The molecule has 0 aliphatic carbocycles. The predicted molar refractivity (Wildman–Crippen MR) is 120 cm³/mol. The molecule has 2 heterocycles. The van der Waals surface area contributed by atoms with Gasteiger partial charge in [-0.1, -0.05) is 12.1 Å². The summed E-state index contributed by atoms with van der Waals surface area (Å²) in [7, 11) is -2.94. The number of nitrogens with one attached hydrogen (secondary N) is 1. The van der Waals surface area contributed by atoms with E-state index in [0.717, 1.165) is 23.7 Å². The molecule has 0 saturated carbocycles. The van der Waals surface area contributed by atoms with Crippen LogP contribution in [0.1, 0.15) is 36.0 Å². The summed E-state index contributed by atoms with van der Waals surface area (Å²) < 4.78 is 23.5. The Bertz CT molecular complexity index is 968. The van der Waals surface area contributed by atoms with E-state index in [1.165, 1.54) is 36.7 Å². The lowest BCUT2D eigenvalue weighted by molar-refractivity contribution is 0.102. The third-order valence-electron chi connectivity index (χ3n) is 5.46. The summed E-state index contributed by atoms with van der Waals surface area (Å²) in [6.45, 7) is 2.18. The van der Waals surface area contributed by atoms with Gasteiger partial charge in [0.25, 0.3) is 5.91 Å². The van der Waals surface area contributed by atoms with Crippen LogP contribution in [0, 0.1) is 0 Å². The molecular formula is C22H26N2O3S2. The lowest BCUT2D eigenvalue weighted by atomic mass is 10.1. The Kier molecular flexibility index (Phi) is 6.15. The van der Waals surface area contributed by atoms with Crippen LogP contribution in [-0.2, 0) is 9.84 Å². The smallest absolute Gasteiger partial charge is 0.256 e. The number of sulfone groups is 1. The average molecular weight is 431 g/mol. The van der Waals surface area contributed by atoms with Gasteiger partial charge in [0.1, 0.15) is 0 Å². The molecule has 1 N–H and O–H groups in total. The lowest BCUT2D eigenvalue weighted by Gasteiger charge is -2.28. The molecule has 2 aromatic carbocycles. The van der Waals surface area contributed by atoms with E-state index in [4.69, 9.17) is 0 Å². The van der Waals surface area contributed by atoms with E-state index in [2.05, 4.69) is 22.3 Å². The van der Waals surface area contributed by atoms with E-state index >= 15 is 0 Å². The zero-order chi connectivity index (χ0) is 20.3. The Hall–Kier alpha value is -1.99. The molecule has 2 aromatic rings. The molecule has 0 spiro atoms. The number of thioether (sulfide) groups is 1. The van der Waals surface area contributed by atoms with Gasteiger partial charge >= 0.3 is 0 Å². The maximum Gasteiger partial charge on any atom is 0.256 e. The van der Waals surface area contributed by atoms with Gasteiger partial charge in [0, 0.05) is 34.6 Å². The Balaban J connectivity index is 1.43. The molecule has 2 aliphatic rings. The summed E-state index contributed by atoms with van der Waals surface area (Å²) in [6, 6.07) is 15.4. The molecule has 2 fully saturated rings. The monoisotopic (exact) mass is 430 g/mol. The van der Waals surface area contributed by atoms with Crippen molar-refractivity contribution in [2.45, 2.75) is 35.8 Å². The highest BCUT2D eigenvalue weighted by Gasteiger charge is 2.29. The molecule has 2 aliphatic heterocycles. The van der Waals surface area contributed by atoms with Gasteiger partial charge in [-0.15, -0.1) is 11.8 Å². The standard InChI is InChI=1S/C22H26N2O3S2/c25-22(23-17-8-10-18(11-9-17)24-13-4-1-5-14-24)20-6-2-3-7-21(20)28-19-12-15-29(26,27)16-19/h2-3,6-11,19H,1,4-5,12-16H2,(H,23,25)/t19-/m1/s1. The number of piperidine rings is 1. The highest BCUT2D eigenvalue weighted by Crippen LogP contribution is 2.33. The van der Waals surface area contributed by atoms with Crippen LogP contribution in [0.5, 0.6) is 0 Å². The van der Waals surface area contributed by atoms with Crippen molar-refractivity contribution in [3.8, 4) is 0 Å². The number of hydrogen-bond donors (Lipinski definition) is 1. The number of anilines is 2. The van der Waals surface area contributed by atoms with Crippen LogP contribution in [0.15, 0.2) is 53.4 Å². The first kappa shape index (κ1) is 20.3.